The number of rotatable bonds is 4. The van der Waals surface area contributed by atoms with Crippen LogP contribution in [0, 0.1) is 11.8 Å². The molecule has 0 spiro atoms. The highest BCUT2D eigenvalue weighted by molar-refractivity contribution is 7.80. The van der Waals surface area contributed by atoms with Gasteiger partial charge in [-0.1, -0.05) is 67.1 Å². The Hall–Kier alpha value is -1.87. The van der Waals surface area contributed by atoms with Gasteiger partial charge in [-0.25, -0.2) is 0 Å². The van der Waals surface area contributed by atoms with Gasteiger partial charge in [-0.3, -0.25) is 0 Å². The van der Waals surface area contributed by atoms with Crippen LogP contribution in [0.3, 0.4) is 0 Å². The van der Waals surface area contributed by atoms with E-state index in [0.717, 1.165) is 16.9 Å². The van der Waals surface area contributed by atoms with Crippen molar-refractivity contribution in [2.24, 2.45) is 11.8 Å². The van der Waals surface area contributed by atoms with E-state index in [1.165, 1.54) is 36.8 Å². The summed E-state index contributed by atoms with van der Waals surface area (Å²) in [6.45, 7) is 0. The molecule has 2 fully saturated rings. The van der Waals surface area contributed by atoms with Crippen molar-refractivity contribution in [2.75, 3.05) is 0 Å². The molecule has 0 radical (unpaired) electrons. The SMILES string of the molecule is S=C(NC(c1ccccc1)c1ccccc1)N[C@H]1C[C@H]2CC[C@@H]1C2. The van der Waals surface area contributed by atoms with Crippen molar-refractivity contribution in [1.29, 1.82) is 0 Å². The third kappa shape index (κ3) is 3.32. The molecule has 2 aromatic carbocycles. The maximum Gasteiger partial charge on any atom is 0.167 e. The summed E-state index contributed by atoms with van der Waals surface area (Å²) in [6.07, 6.45) is 5.46. The molecular weight excluding hydrogens is 312 g/mol. The summed E-state index contributed by atoms with van der Waals surface area (Å²) in [5, 5.41) is 7.94. The summed E-state index contributed by atoms with van der Waals surface area (Å²) in [5.74, 6) is 1.75. The van der Waals surface area contributed by atoms with Crippen molar-refractivity contribution >= 4 is 17.3 Å². The van der Waals surface area contributed by atoms with E-state index >= 15 is 0 Å². The summed E-state index contributed by atoms with van der Waals surface area (Å²) in [4.78, 5) is 0. The van der Waals surface area contributed by atoms with Crippen molar-refractivity contribution in [3.63, 3.8) is 0 Å². The third-order valence-corrected chi connectivity index (χ3v) is 5.83. The van der Waals surface area contributed by atoms with Crippen LogP contribution in [0.5, 0.6) is 0 Å². The number of nitrogens with one attached hydrogen (secondary N) is 2. The van der Waals surface area contributed by atoms with Crippen LogP contribution in [-0.4, -0.2) is 11.2 Å². The first-order valence-electron chi connectivity index (χ1n) is 8.96. The lowest BCUT2D eigenvalue weighted by molar-refractivity contribution is 0.388. The minimum absolute atomic E-state index is 0.0889. The van der Waals surface area contributed by atoms with Gasteiger partial charge in [0, 0.05) is 6.04 Å². The van der Waals surface area contributed by atoms with Gasteiger partial charge >= 0.3 is 0 Å². The van der Waals surface area contributed by atoms with Gasteiger partial charge in [-0.05, 0) is 54.4 Å². The number of hydrogen-bond donors (Lipinski definition) is 2. The Morgan fingerprint density at radius 2 is 1.50 bits per heavy atom. The molecule has 3 atom stereocenters. The lowest BCUT2D eigenvalue weighted by Gasteiger charge is -2.27. The third-order valence-electron chi connectivity index (χ3n) is 5.60. The van der Waals surface area contributed by atoms with Gasteiger partial charge in [0.1, 0.15) is 0 Å². The maximum atomic E-state index is 5.66. The molecule has 2 bridgehead atoms. The van der Waals surface area contributed by atoms with Gasteiger partial charge in [0.2, 0.25) is 0 Å². The summed E-state index contributed by atoms with van der Waals surface area (Å²) in [5.41, 5.74) is 2.47. The molecule has 0 heterocycles. The largest absolute Gasteiger partial charge is 0.360 e. The first-order valence-corrected chi connectivity index (χ1v) is 9.37. The van der Waals surface area contributed by atoms with Crippen molar-refractivity contribution < 1.29 is 0 Å². The Kier molecular flexibility index (Phi) is 4.52. The monoisotopic (exact) mass is 336 g/mol. The molecule has 3 heteroatoms. The zero-order chi connectivity index (χ0) is 16.4. The van der Waals surface area contributed by atoms with E-state index in [2.05, 4.69) is 71.3 Å². The molecular formula is C21H24N2S. The number of benzene rings is 2. The minimum Gasteiger partial charge on any atom is -0.360 e. The highest BCUT2D eigenvalue weighted by Crippen LogP contribution is 2.44. The molecule has 0 amide bonds. The minimum atomic E-state index is 0.0889. The van der Waals surface area contributed by atoms with Gasteiger partial charge in [0.05, 0.1) is 6.04 Å². The lowest BCUT2D eigenvalue weighted by atomic mass is 9.95. The first kappa shape index (κ1) is 15.6. The predicted molar refractivity (Wildman–Crippen MR) is 103 cm³/mol. The van der Waals surface area contributed by atoms with Crippen LogP contribution in [0.25, 0.3) is 0 Å². The average Bonchev–Trinajstić information content (AvgIpc) is 3.24. The highest BCUT2D eigenvalue weighted by atomic mass is 32.1. The van der Waals surface area contributed by atoms with Crippen LogP contribution in [0.4, 0.5) is 0 Å². The molecule has 2 aromatic rings. The molecule has 0 unspecified atom stereocenters. The topological polar surface area (TPSA) is 24.1 Å². The second kappa shape index (κ2) is 6.94. The fraction of sp³-hybridized carbons (Fsp3) is 0.381. The normalized spacial score (nSPS) is 25.0. The first-order chi connectivity index (χ1) is 11.8. The standard InChI is InChI=1S/C21H24N2S/c24-21(22-19-14-15-11-12-18(19)13-15)23-20(16-7-3-1-4-8-16)17-9-5-2-6-10-17/h1-10,15,18-20H,11-14H2,(H2,22,23,24)/t15-,18+,19-/m0/s1. The predicted octanol–water partition coefficient (Wildman–Crippen LogP) is 4.43. The van der Waals surface area contributed by atoms with E-state index < -0.39 is 0 Å². The fourth-order valence-electron chi connectivity index (χ4n) is 4.41. The van der Waals surface area contributed by atoms with E-state index in [1.807, 2.05) is 0 Å². The Balaban J connectivity index is 1.48. The molecule has 2 nitrogen and oxygen atoms in total. The van der Waals surface area contributed by atoms with Gasteiger partial charge in [-0.15, -0.1) is 0 Å². The molecule has 2 N–H and O–H groups in total. The van der Waals surface area contributed by atoms with Gasteiger partial charge in [-0.2, -0.15) is 0 Å². The molecule has 0 aliphatic heterocycles. The fourth-order valence-corrected chi connectivity index (χ4v) is 4.68. The summed E-state index contributed by atoms with van der Waals surface area (Å²) in [7, 11) is 0. The molecule has 124 valence electrons. The van der Waals surface area contributed by atoms with Crippen LogP contribution in [0.15, 0.2) is 60.7 Å². The average molecular weight is 337 g/mol. The zero-order valence-corrected chi connectivity index (χ0v) is 14.6. The summed E-state index contributed by atoms with van der Waals surface area (Å²) in [6, 6.07) is 21.7. The van der Waals surface area contributed by atoms with E-state index in [-0.39, 0.29) is 6.04 Å². The summed E-state index contributed by atoms with van der Waals surface area (Å²) < 4.78 is 0. The molecule has 2 aliphatic carbocycles. The maximum absolute atomic E-state index is 5.66. The second-order valence-electron chi connectivity index (χ2n) is 7.15. The Morgan fingerprint density at radius 3 is 2.00 bits per heavy atom. The number of hydrogen-bond acceptors (Lipinski definition) is 1. The van der Waals surface area contributed by atoms with Gasteiger partial charge in [0.15, 0.2) is 5.11 Å². The quantitative estimate of drug-likeness (QED) is 0.808. The highest BCUT2D eigenvalue weighted by Gasteiger charge is 2.39. The summed E-state index contributed by atoms with van der Waals surface area (Å²) >= 11 is 5.66. The van der Waals surface area contributed by atoms with Crippen molar-refractivity contribution in [1.82, 2.24) is 10.6 Å². The van der Waals surface area contributed by atoms with E-state index in [4.69, 9.17) is 12.2 Å². The van der Waals surface area contributed by atoms with Crippen LogP contribution in [0.2, 0.25) is 0 Å². The number of thiocarbonyl (C=S) groups is 1. The van der Waals surface area contributed by atoms with Gasteiger partial charge < -0.3 is 10.6 Å². The van der Waals surface area contributed by atoms with Crippen LogP contribution >= 0.6 is 12.2 Å². The number of fused-ring (bicyclic) bond motifs is 2. The van der Waals surface area contributed by atoms with Crippen molar-refractivity contribution in [3.05, 3.63) is 71.8 Å². The molecule has 0 aromatic heterocycles. The van der Waals surface area contributed by atoms with Crippen molar-refractivity contribution in [3.8, 4) is 0 Å². The van der Waals surface area contributed by atoms with Crippen LogP contribution < -0.4 is 10.6 Å². The zero-order valence-electron chi connectivity index (χ0n) is 13.8. The van der Waals surface area contributed by atoms with E-state index in [1.54, 1.807) is 0 Å². The van der Waals surface area contributed by atoms with E-state index in [9.17, 15) is 0 Å². The van der Waals surface area contributed by atoms with Crippen LogP contribution in [-0.2, 0) is 0 Å². The van der Waals surface area contributed by atoms with Crippen molar-refractivity contribution in [2.45, 2.75) is 37.8 Å². The van der Waals surface area contributed by atoms with Crippen LogP contribution in [0.1, 0.15) is 42.9 Å². The smallest absolute Gasteiger partial charge is 0.167 e. The lowest BCUT2D eigenvalue weighted by Crippen LogP contribution is -2.45. The second-order valence-corrected chi connectivity index (χ2v) is 7.56. The van der Waals surface area contributed by atoms with Gasteiger partial charge in [0.25, 0.3) is 0 Å². The molecule has 4 rings (SSSR count). The molecule has 24 heavy (non-hydrogen) atoms. The Labute approximate surface area is 149 Å². The molecule has 0 saturated heterocycles. The Bertz CT molecular complexity index is 646. The Morgan fingerprint density at radius 1 is 0.875 bits per heavy atom. The molecule has 2 aliphatic rings. The molecule has 2 saturated carbocycles. The van der Waals surface area contributed by atoms with E-state index in [0.29, 0.717) is 6.04 Å².